The van der Waals surface area contributed by atoms with Gasteiger partial charge in [0.1, 0.15) is 0 Å². The molecule has 1 heteroatoms. The summed E-state index contributed by atoms with van der Waals surface area (Å²) in [6.07, 6.45) is 24.2. The van der Waals surface area contributed by atoms with Crippen molar-refractivity contribution >= 4 is 7.26 Å². The molecule has 0 aliphatic rings. The molecule has 0 amide bonds. The predicted octanol–water partition coefficient (Wildman–Crippen LogP) is 7.50. The van der Waals surface area contributed by atoms with E-state index >= 15 is 0 Å². The minimum absolute atomic E-state index is 0.937. The van der Waals surface area contributed by atoms with Crippen LogP contribution in [0.2, 0.25) is 0 Å². The second-order valence-corrected chi connectivity index (χ2v) is 12.3. The first-order valence-corrected chi connectivity index (χ1v) is 13.1. The van der Waals surface area contributed by atoms with Crippen molar-refractivity contribution in [3.8, 4) is 0 Å². The fraction of sp³-hybridized carbons (Fsp3) is 1.00. The Balaban J connectivity index is 4.43. The van der Waals surface area contributed by atoms with Crippen LogP contribution in [0.15, 0.2) is 0 Å². The van der Waals surface area contributed by atoms with E-state index < -0.39 is 7.26 Å². The molecule has 0 bridgehead atoms. The van der Waals surface area contributed by atoms with Crippen LogP contribution in [0.1, 0.15) is 105 Å². The Labute approximate surface area is 137 Å². The van der Waals surface area contributed by atoms with E-state index in [9.17, 15) is 0 Å². The molecule has 0 rings (SSSR count). The Kier molecular flexibility index (Phi) is 15.6. The first-order chi connectivity index (χ1) is 10.2. The van der Waals surface area contributed by atoms with Crippen molar-refractivity contribution in [2.24, 2.45) is 0 Å². The molecule has 21 heavy (non-hydrogen) atoms. The third kappa shape index (κ3) is 11.6. The van der Waals surface area contributed by atoms with Gasteiger partial charge in [0, 0.05) is 0 Å². The van der Waals surface area contributed by atoms with Crippen molar-refractivity contribution in [3.63, 3.8) is 0 Å². The monoisotopic (exact) mass is 316 g/mol. The van der Waals surface area contributed by atoms with E-state index in [0.717, 1.165) is 0 Å². The van der Waals surface area contributed by atoms with Crippen LogP contribution in [0.4, 0.5) is 0 Å². The molecule has 0 atom stereocenters. The summed E-state index contributed by atoms with van der Waals surface area (Å²) >= 11 is 0. The standard InChI is InChI=1S/C20H45P/c1-5-9-13-15-19-21(17-11-7-3,18-12-8-4)20-16-14-10-6-2/h21H,5-20H2,1-4H3. The maximum absolute atomic E-state index is 2.38. The van der Waals surface area contributed by atoms with Gasteiger partial charge in [-0.2, -0.15) is 0 Å². The van der Waals surface area contributed by atoms with E-state index in [2.05, 4.69) is 27.7 Å². The van der Waals surface area contributed by atoms with Crippen LogP contribution in [0.25, 0.3) is 0 Å². The summed E-state index contributed by atoms with van der Waals surface area (Å²) in [5.74, 6) is 0. The third-order valence-electron chi connectivity index (χ3n) is 5.24. The molecule has 0 aliphatic heterocycles. The summed E-state index contributed by atoms with van der Waals surface area (Å²) in [4.78, 5) is 0. The minimum atomic E-state index is -0.937. The molecule has 0 N–H and O–H groups in total. The molecule has 0 fully saturated rings. The Bertz CT molecular complexity index is 178. The van der Waals surface area contributed by atoms with E-state index in [1.807, 2.05) is 0 Å². The van der Waals surface area contributed by atoms with Gasteiger partial charge in [-0.25, -0.2) is 0 Å². The van der Waals surface area contributed by atoms with Gasteiger partial charge in [-0.05, 0) is 0 Å². The molecule has 0 aromatic carbocycles. The van der Waals surface area contributed by atoms with Gasteiger partial charge in [0.05, 0.1) is 0 Å². The van der Waals surface area contributed by atoms with Crippen LogP contribution < -0.4 is 0 Å². The number of hydrogen-bond donors (Lipinski definition) is 0. The van der Waals surface area contributed by atoms with E-state index in [0.29, 0.717) is 0 Å². The van der Waals surface area contributed by atoms with Crippen LogP contribution in [0.3, 0.4) is 0 Å². The van der Waals surface area contributed by atoms with Crippen molar-refractivity contribution in [1.82, 2.24) is 0 Å². The van der Waals surface area contributed by atoms with Crippen LogP contribution >= 0.6 is 7.26 Å². The van der Waals surface area contributed by atoms with Gasteiger partial charge in [0.2, 0.25) is 0 Å². The quantitative estimate of drug-likeness (QED) is 0.204. The van der Waals surface area contributed by atoms with Gasteiger partial charge in [-0.3, -0.25) is 0 Å². The van der Waals surface area contributed by atoms with Crippen molar-refractivity contribution in [2.45, 2.75) is 105 Å². The van der Waals surface area contributed by atoms with Gasteiger partial charge in [0.25, 0.3) is 0 Å². The molecule has 0 nitrogen and oxygen atoms in total. The van der Waals surface area contributed by atoms with Crippen molar-refractivity contribution in [3.05, 3.63) is 0 Å². The van der Waals surface area contributed by atoms with Crippen LogP contribution in [0.5, 0.6) is 0 Å². The zero-order valence-electron chi connectivity index (χ0n) is 15.8. The summed E-state index contributed by atoms with van der Waals surface area (Å²) in [5.41, 5.74) is 0. The second-order valence-electron chi connectivity index (χ2n) is 7.33. The molecule has 0 saturated carbocycles. The van der Waals surface area contributed by atoms with Gasteiger partial charge < -0.3 is 0 Å². The van der Waals surface area contributed by atoms with Crippen molar-refractivity contribution in [1.29, 1.82) is 0 Å². The average molecular weight is 317 g/mol. The summed E-state index contributed by atoms with van der Waals surface area (Å²) in [6, 6.07) is 0. The molecule has 0 unspecified atom stereocenters. The normalized spacial score (nSPS) is 12.8. The van der Waals surface area contributed by atoms with Crippen LogP contribution in [0, 0.1) is 0 Å². The summed E-state index contributed by atoms with van der Waals surface area (Å²) in [5, 5.41) is 0. The Hall–Kier alpha value is 0.430. The van der Waals surface area contributed by atoms with E-state index in [1.54, 1.807) is 37.5 Å². The van der Waals surface area contributed by atoms with E-state index in [4.69, 9.17) is 0 Å². The molecule has 0 radical (unpaired) electrons. The first-order valence-electron chi connectivity index (χ1n) is 10.2. The zero-order chi connectivity index (χ0) is 15.8. The van der Waals surface area contributed by atoms with E-state index in [-0.39, 0.29) is 0 Å². The first kappa shape index (κ1) is 21.4. The fourth-order valence-corrected chi connectivity index (χ4v) is 9.41. The number of hydrogen-bond acceptors (Lipinski definition) is 0. The summed E-state index contributed by atoms with van der Waals surface area (Å²) in [7, 11) is -0.937. The molecular formula is C20H45P. The summed E-state index contributed by atoms with van der Waals surface area (Å²) in [6.45, 7) is 9.44. The third-order valence-corrected chi connectivity index (χ3v) is 10.9. The Morgan fingerprint density at radius 3 is 1.05 bits per heavy atom. The SMILES string of the molecule is CCCCCC[PH](CCCC)(CCCC)CCCCCC. The van der Waals surface area contributed by atoms with E-state index in [1.165, 1.54) is 64.2 Å². The number of rotatable bonds is 16. The fourth-order valence-electron chi connectivity index (χ4n) is 3.71. The molecule has 0 saturated heterocycles. The molecule has 0 spiro atoms. The molecule has 0 heterocycles. The van der Waals surface area contributed by atoms with Crippen LogP contribution in [-0.4, -0.2) is 24.6 Å². The van der Waals surface area contributed by atoms with Gasteiger partial charge in [-0.1, -0.05) is 0 Å². The Morgan fingerprint density at radius 1 is 0.381 bits per heavy atom. The average Bonchev–Trinajstić information content (AvgIpc) is 2.51. The maximum atomic E-state index is 2.38. The van der Waals surface area contributed by atoms with Crippen molar-refractivity contribution < 1.29 is 0 Å². The zero-order valence-corrected chi connectivity index (χ0v) is 16.8. The van der Waals surface area contributed by atoms with Crippen LogP contribution in [-0.2, 0) is 0 Å². The number of unbranched alkanes of at least 4 members (excludes halogenated alkanes) is 8. The molecule has 130 valence electrons. The second kappa shape index (κ2) is 15.3. The topological polar surface area (TPSA) is 0 Å². The summed E-state index contributed by atoms with van der Waals surface area (Å²) < 4.78 is 0. The van der Waals surface area contributed by atoms with Gasteiger partial charge in [0.15, 0.2) is 0 Å². The molecule has 0 aromatic rings. The molecule has 0 aliphatic carbocycles. The van der Waals surface area contributed by atoms with Gasteiger partial charge >= 0.3 is 137 Å². The molecular weight excluding hydrogens is 271 g/mol. The van der Waals surface area contributed by atoms with Gasteiger partial charge in [-0.15, -0.1) is 0 Å². The van der Waals surface area contributed by atoms with Crippen molar-refractivity contribution in [2.75, 3.05) is 24.6 Å². The predicted molar refractivity (Wildman–Crippen MR) is 106 cm³/mol. The Morgan fingerprint density at radius 2 is 0.714 bits per heavy atom. The molecule has 0 aromatic heterocycles.